The molecule has 0 saturated heterocycles. The van der Waals surface area contributed by atoms with Gasteiger partial charge in [0.1, 0.15) is 6.61 Å². The van der Waals surface area contributed by atoms with Crippen LogP contribution in [0.1, 0.15) is 27.9 Å². The Bertz CT molecular complexity index is 1410. The van der Waals surface area contributed by atoms with Crippen LogP contribution in [-0.2, 0) is 22.3 Å². The van der Waals surface area contributed by atoms with E-state index >= 15 is 0 Å². The molecule has 0 unspecified atom stereocenters. The highest BCUT2D eigenvalue weighted by Gasteiger charge is 2.30. The predicted molar refractivity (Wildman–Crippen MR) is 155 cm³/mol. The van der Waals surface area contributed by atoms with Crippen molar-refractivity contribution in [2.24, 2.45) is 5.73 Å². The van der Waals surface area contributed by atoms with E-state index in [1.54, 1.807) is 24.3 Å². The molecule has 0 aliphatic rings. The van der Waals surface area contributed by atoms with Crippen LogP contribution in [0.25, 0.3) is 22.3 Å². The molecule has 41 heavy (non-hydrogen) atoms. The second kappa shape index (κ2) is 14.5. The van der Waals surface area contributed by atoms with E-state index in [0.717, 1.165) is 28.8 Å². The molecule has 0 aromatic heterocycles. The highest BCUT2D eigenvalue weighted by atomic mass is 35.5. The molecule has 0 fully saturated rings. The highest BCUT2D eigenvalue weighted by molar-refractivity contribution is 5.95. The van der Waals surface area contributed by atoms with E-state index < -0.39 is 17.7 Å². The van der Waals surface area contributed by atoms with Gasteiger partial charge in [0, 0.05) is 25.2 Å². The monoisotopic (exact) mass is 582 g/mol. The van der Waals surface area contributed by atoms with Gasteiger partial charge in [0.05, 0.1) is 12.0 Å². The average Bonchev–Trinajstić information content (AvgIpc) is 2.98. The molecule has 214 valence electrons. The molecule has 2 N–H and O–H groups in total. The van der Waals surface area contributed by atoms with Crippen molar-refractivity contribution in [2.75, 3.05) is 19.6 Å². The Morgan fingerprint density at radius 3 is 1.76 bits per heavy atom. The van der Waals surface area contributed by atoms with E-state index in [1.165, 1.54) is 17.0 Å². The Balaban J connectivity index is 0.00000462. The first-order valence-corrected chi connectivity index (χ1v) is 12.8. The van der Waals surface area contributed by atoms with Gasteiger partial charge in [-0.2, -0.15) is 13.2 Å². The zero-order valence-corrected chi connectivity index (χ0v) is 23.0. The largest absolute Gasteiger partial charge is 0.461 e. The van der Waals surface area contributed by atoms with Crippen LogP contribution < -0.4 is 5.73 Å². The molecule has 0 aliphatic heterocycles. The van der Waals surface area contributed by atoms with Gasteiger partial charge in [-0.15, -0.1) is 12.4 Å². The van der Waals surface area contributed by atoms with Crippen molar-refractivity contribution in [3.8, 4) is 22.3 Å². The van der Waals surface area contributed by atoms with Crippen LogP contribution in [-0.4, -0.2) is 36.4 Å². The number of carbonyl (C=O) groups excluding carboxylic acids is 2. The summed E-state index contributed by atoms with van der Waals surface area (Å²) in [4.78, 5) is 27.0. The summed E-state index contributed by atoms with van der Waals surface area (Å²) in [5, 5.41) is 0. The van der Waals surface area contributed by atoms with Gasteiger partial charge in [0.25, 0.3) is 5.91 Å². The summed E-state index contributed by atoms with van der Waals surface area (Å²) in [6.07, 6.45) is -4.39. The van der Waals surface area contributed by atoms with Gasteiger partial charge < -0.3 is 15.4 Å². The van der Waals surface area contributed by atoms with Crippen LogP contribution in [0.15, 0.2) is 103 Å². The molecule has 0 atom stereocenters. The fourth-order valence-corrected chi connectivity index (χ4v) is 4.20. The smallest absolute Gasteiger partial charge is 0.416 e. The molecule has 0 radical (unpaired) electrons. The topological polar surface area (TPSA) is 72.6 Å². The number of alkyl halides is 3. The number of esters is 1. The summed E-state index contributed by atoms with van der Waals surface area (Å²) in [5.74, 6) is -0.728. The van der Waals surface area contributed by atoms with E-state index in [9.17, 15) is 22.8 Å². The first-order valence-electron chi connectivity index (χ1n) is 12.8. The number of hydrogen-bond acceptors (Lipinski definition) is 4. The lowest BCUT2D eigenvalue weighted by atomic mass is 10.0. The minimum atomic E-state index is -4.40. The van der Waals surface area contributed by atoms with Crippen molar-refractivity contribution in [2.45, 2.75) is 19.2 Å². The Labute approximate surface area is 243 Å². The molecule has 1 amide bonds. The third-order valence-electron chi connectivity index (χ3n) is 6.41. The molecule has 4 aromatic rings. The number of ether oxygens (including phenoxy) is 1. The van der Waals surface area contributed by atoms with Crippen molar-refractivity contribution in [3.63, 3.8) is 0 Å². The van der Waals surface area contributed by atoms with Crippen LogP contribution in [0.2, 0.25) is 0 Å². The fourth-order valence-electron chi connectivity index (χ4n) is 4.20. The summed E-state index contributed by atoms with van der Waals surface area (Å²) < 4.78 is 43.9. The van der Waals surface area contributed by atoms with Gasteiger partial charge in [-0.3, -0.25) is 9.59 Å². The fraction of sp³-hybridized carbons (Fsp3) is 0.188. The maximum Gasteiger partial charge on any atom is 0.416 e. The maximum absolute atomic E-state index is 13.1. The molecular formula is C32H30ClF3N2O3. The maximum atomic E-state index is 13.1. The number of amides is 1. The van der Waals surface area contributed by atoms with Gasteiger partial charge >= 0.3 is 12.1 Å². The zero-order valence-electron chi connectivity index (χ0n) is 22.1. The number of nitrogens with zero attached hydrogens (tertiary/aromatic N) is 1. The van der Waals surface area contributed by atoms with Crippen LogP contribution in [0.3, 0.4) is 0 Å². The molecule has 0 aliphatic carbocycles. The number of nitrogens with two attached hydrogens (primary N) is 1. The third-order valence-corrected chi connectivity index (χ3v) is 6.41. The minimum Gasteiger partial charge on any atom is -0.461 e. The Morgan fingerprint density at radius 2 is 1.22 bits per heavy atom. The molecule has 4 rings (SSSR count). The third kappa shape index (κ3) is 8.67. The summed E-state index contributed by atoms with van der Waals surface area (Å²) in [5.41, 5.74) is 9.66. The summed E-state index contributed by atoms with van der Waals surface area (Å²) in [6, 6.07) is 29.1. The standard InChI is InChI=1S/C32H29F3N2O3.ClH/c33-32(34,35)29-16-14-27(15-17-29)26-10-12-28(13-11-26)31(39)37(21-19-36)20-18-30(38)40-22-23-6-8-25(9-7-23)24-4-2-1-3-5-24;/h1-17H,18-22,36H2;1H. The number of benzene rings is 4. The second-order valence-corrected chi connectivity index (χ2v) is 9.21. The van der Waals surface area contributed by atoms with Crippen molar-refractivity contribution in [3.05, 3.63) is 120 Å². The SMILES string of the molecule is Cl.NCCN(CCC(=O)OCc1ccc(-c2ccccc2)cc1)C(=O)c1ccc(-c2ccc(C(F)(F)F)cc2)cc1. The van der Waals surface area contributed by atoms with Crippen LogP contribution in [0, 0.1) is 0 Å². The van der Waals surface area contributed by atoms with Crippen molar-refractivity contribution < 1.29 is 27.5 Å². The Kier molecular flexibility index (Phi) is 11.1. The molecule has 0 saturated carbocycles. The lowest BCUT2D eigenvalue weighted by Crippen LogP contribution is -2.37. The summed E-state index contributed by atoms with van der Waals surface area (Å²) in [7, 11) is 0. The number of rotatable bonds is 10. The normalized spacial score (nSPS) is 10.9. The van der Waals surface area contributed by atoms with Gasteiger partial charge in [0.15, 0.2) is 0 Å². The Hall–Kier alpha value is -4.14. The molecule has 4 aromatic carbocycles. The zero-order chi connectivity index (χ0) is 28.5. The molecule has 0 heterocycles. The van der Waals surface area contributed by atoms with Crippen LogP contribution in [0.4, 0.5) is 13.2 Å². The molecule has 0 bridgehead atoms. The Morgan fingerprint density at radius 1 is 0.707 bits per heavy atom. The molecular weight excluding hydrogens is 553 g/mol. The summed E-state index contributed by atoms with van der Waals surface area (Å²) in [6.45, 7) is 0.749. The van der Waals surface area contributed by atoms with Crippen LogP contribution >= 0.6 is 12.4 Å². The first-order chi connectivity index (χ1) is 19.2. The second-order valence-electron chi connectivity index (χ2n) is 9.21. The predicted octanol–water partition coefficient (Wildman–Crippen LogP) is 7.00. The lowest BCUT2D eigenvalue weighted by molar-refractivity contribution is -0.145. The van der Waals surface area contributed by atoms with Crippen molar-refractivity contribution in [1.82, 2.24) is 4.90 Å². The minimum absolute atomic E-state index is 0. The number of halogens is 4. The van der Waals surface area contributed by atoms with E-state index in [-0.39, 0.29) is 51.0 Å². The number of carbonyl (C=O) groups is 2. The van der Waals surface area contributed by atoms with E-state index in [2.05, 4.69) is 0 Å². The van der Waals surface area contributed by atoms with Gasteiger partial charge in [0.2, 0.25) is 0 Å². The van der Waals surface area contributed by atoms with Crippen molar-refractivity contribution >= 4 is 24.3 Å². The van der Waals surface area contributed by atoms with Gasteiger partial charge in [-0.05, 0) is 52.1 Å². The van der Waals surface area contributed by atoms with E-state index in [1.807, 2.05) is 54.6 Å². The first kappa shape index (κ1) is 31.4. The van der Waals surface area contributed by atoms with E-state index in [0.29, 0.717) is 16.7 Å². The highest BCUT2D eigenvalue weighted by Crippen LogP contribution is 2.31. The van der Waals surface area contributed by atoms with Crippen LogP contribution in [0.5, 0.6) is 0 Å². The van der Waals surface area contributed by atoms with Gasteiger partial charge in [-0.25, -0.2) is 0 Å². The lowest BCUT2D eigenvalue weighted by Gasteiger charge is -2.22. The molecule has 9 heteroatoms. The van der Waals surface area contributed by atoms with Gasteiger partial charge in [-0.1, -0.05) is 78.9 Å². The van der Waals surface area contributed by atoms with E-state index in [4.69, 9.17) is 10.5 Å². The number of hydrogen-bond donors (Lipinski definition) is 1. The molecule has 0 spiro atoms. The quantitative estimate of drug-likeness (QED) is 0.204. The van der Waals surface area contributed by atoms with Crippen molar-refractivity contribution in [1.29, 1.82) is 0 Å². The summed E-state index contributed by atoms with van der Waals surface area (Å²) >= 11 is 0. The average molecular weight is 583 g/mol. The molecule has 5 nitrogen and oxygen atoms in total.